The molecule has 12 nitrogen and oxygen atoms in total. The molecule has 0 spiro atoms. The highest BCUT2D eigenvalue weighted by Gasteiger charge is 2.28. The number of rotatable bonds is 6. The highest BCUT2D eigenvalue weighted by Crippen LogP contribution is 2.32. The fraction of sp³-hybridized carbons (Fsp3) is 0.368. The number of phenolic OH excluding ortho intramolecular Hbond substituents is 1. The van der Waals surface area contributed by atoms with Gasteiger partial charge >= 0.3 is 0 Å². The first-order valence-electron chi connectivity index (χ1n) is 10.1. The van der Waals surface area contributed by atoms with Gasteiger partial charge in [-0.2, -0.15) is 9.78 Å². The summed E-state index contributed by atoms with van der Waals surface area (Å²) in [7, 11) is 0. The zero-order valence-corrected chi connectivity index (χ0v) is 20.7. The number of halogens is 2. The van der Waals surface area contributed by atoms with Crippen LogP contribution in [0.2, 0.25) is 0 Å². The van der Waals surface area contributed by atoms with Crippen molar-refractivity contribution in [3.63, 3.8) is 0 Å². The molecule has 0 bridgehead atoms. The molecule has 1 aliphatic rings. The van der Waals surface area contributed by atoms with Crippen molar-refractivity contribution in [3.05, 3.63) is 38.0 Å². The number of hydrazone groups is 1. The number of amides is 1. The lowest BCUT2D eigenvalue weighted by Gasteiger charge is -2.33. The van der Waals surface area contributed by atoms with Gasteiger partial charge in [0.15, 0.2) is 5.69 Å². The van der Waals surface area contributed by atoms with E-state index in [4.69, 9.17) is 10.4 Å². The van der Waals surface area contributed by atoms with Gasteiger partial charge in [-0.25, -0.2) is 10.1 Å². The Morgan fingerprint density at radius 2 is 2.12 bits per heavy atom. The summed E-state index contributed by atoms with van der Waals surface area (Å²) in [5, 5.41) is 29.4. The van der Waals surface area contributed by atoms with Crippen molar-refractivity contribution >= 4 is 49.8 Å². The molecule has 4 rings (SSSR count). The Bertz CT molecular complexity index is 1170. The average Bonchev–Trinajstić information content (AvgIpc) is 3.39. The second kappa shape index (κ2) is 9.97. The largest absolute Gasteiger partial charge is 0.506 e. The maximum absolute atomic E-state index is 12.9. The van der Waals surface area contributed by atoms with E-state index >= 15 is 0 Å². The summed E-state index contributed by atoms with van der Waals surface area (Å²) in [4.78, 5) is 15.2. The minimum absolute atomic E-state index is 0.0429. The number of phenols is 1. The molecule has 1 saturated heterocycles. The number of nitrogens with one attached hydrogen (secondary N) is 1. The number of carbonyl (C=O) groups is 1. The molecule has 14 heteroatoms. The quantitative estimate of drug-likeness (QED) is 0.293. The van der Waals surface area contributed by atoms with Crippen molar-refractivity contribution in [3.8, 4) is 11.6 Å². The lowest BCUT2D eigenvalue weighted by molar-refractivity contribution is 0.0945. The lowest BCUT2D eigenvalue weighted by atomic mass is 10.0. The molecule has 1 fully saturated rings. The first kappa shape index (κ1) is 23.3. The summed E-state index contributed by atoms with van der Waals surface area (Å²) in [6.07, 6.45) is 4.76. The Balaban J connectivity index is 1.59. The number of likely N-dealkylation sites (tertiary alicyclic amines) is 1. The lowest BCUT2D eigenvalue weighted by Crippen LogP contribution is -2.38. The van der Waals surface area contributed by atoms with Crippen molar-refractivity contribution in [2.45, 2.75) is 38.8 Å². The van der Waals surface area contributed by atoms with Crippen LogP contribution in [0.15, 0.2) is 30.8 Å². The van der Waals surface area contributed by atoms with Crippen LogP contribution in [0.25, 0.3) is 5.82 Å². The minimum Gasteiger partial charge on any atom is -0.506 e. The molecule has 4 N–H and O–H groups in total. The van der Waals surface area contributed by atoms with E-state index < -0.39 is 5.91 Å². The first-order valence-corrected chi connectivity index (χ1v) is 11.7. The van der Waals surface area contributed by atoms with Gasteiger partial charge in [0, 0.05) is 12.6 Å². The number of nitrogen functional groups attached to an aromatic ring is 1. The number of nitrogens with two attached hydrogens (primary N) is 1. The van der Waals surface area contributed by atoms with Crippen LogP contribution in [0, 0.1) is 0 Å². The Labute approximate surface area is 205 Å². The fourth-order valence-corrected chi connectivity index (χ4v) is 4.81. The number of anilines is 1. The number of piperidine rings is 1. The van der Waals surface area contributed by atoms with Crippen molar-refractivity contribution < 1.29 is 14.5 Å². The summed E-state index contributed by atoms with van der Waals surface area (Å²) < 4.78 is 7.06. The average molecular weight is 583 g/mol. The van der Waals surface area contributed by atoms with Crippen LogP contribution in [0.4, 0.5) is 5.82 Å². The van der Waals surface area contributed by atoms with E-state index in [1.807, 2.05) is 0 Å². The van der Waals surface area contributed by atoms with Gasteiger partial charge in [-0.05, 0) is 86.2 Å². The van der Waals surface area contributed by atoms with Gasteiger partial charge in [-0.15, -0.1) is 5.10 Å². The van der Waals surface area contributed by atoms with Crippen LogP contribution in [-0.4, -0.2) is 60.0 Å². The molecule has 1 amide bonds. The zero-order chi connectivity index (χ0) is 23.5. The minimum atomic E-state index is -0.538. The van der Waals surface area contributed by atoms with Crippen LogP contribution in [-0.2, 0) is 6.54 Å². The monoisotopic (exact) mass is 581 g/mol. The molecule has 1 unspecified atom stereocenters. The molecule has 0 saturated carbocycles. The third-order valence-corrected chi connectivity index (χ3v) is 6.60. The fourth-order valence-electron chi connectivity index (χ4n) is 3.59. The molecular formula is C19H21Br2N9O3. The Morgan fingerprint density at radius 3 is 2.79 bits per heavy atom. The summed E-state index contributed by atoms with van der Waals surface area (Å²) in [5.41, 5.74) is 9.58. The van der Waals surface area contributed by atoms with Gasteiger partial charge in [0.2, 0.25) is 11.6 Å². The number of aromatic hydroxyl groups is 1. The topological polar surface area (TPSA) is 161 Å². The summed E-state index contributed by atoms with van der Waals surface area (Å²) in [6, 6.07) is 3.67. The van der Waals surface area contributed by atoms with Gasteiger partial charge in [-0.1, -0.05) is 11.6 Å². The Kier molecular flexibility index (Phi) is 7.05. The number of hydrogen-bond acceptors (Lipinski definition) is 10. The standard InChI is InChI=1S/C19H21Br2N9O3/c1-10-4-2-3-5-29(10)9-14-15(24-28-30(14)18-17(22)26-33-27-18)19(32)25-23-8-11-6-12(20)16(31)13(21)7-11/h6-8,10,31H,2-5,9H2,1H3,(H2,22,26)(H,25,32). The van der Waals surface area contributed by atoms with E-state index in [1.165, 1.54) is 17.3 Å². The SMILES string of the molecule is CC1CCCCN1Cc1c(C(=O)NN=Cc2cc(Br)c(O)c(Br)c2)nnn1-c1nonc1N. The van der Waals surface area contributed by atoms with E-state index in [2.05, 4.69) is 74.8 Å². The molecule has 1 aliphatic heterocycles. The second-order valence-electron chi connectivity index (χ2n) is 7.62. The zero-order valence-electron chi connectivity index (χ0n) is 17.6. The molecule has 2 aromatic heterocycles. The van der Waals surface area contributed by atoms with Crippen molar-refractivity contribution in [1.82, 2.24) is 35.6 Å². The number of hydrogen-bond donors (Lipinski definition) is 3. The van der Waals surface area contributed by atoms with Gasteiger partial charge < -0.3 is 10.8 Å². The number of carbonyl (C=O) groups excluding carboxylic acids is 1. The summed E-state index contributed by atoms with van der Waals surface area (Å²) in [6.45, 7) is 3.46. The van der Waals surface area contributed by atoms with Crippen LogP contribution >= 0.6 is 31.9 Å². The number of nitrogens with zero attached hydrogens (tertiary/aromatic N) is 7. The predicted octanol–water partition coefficient (Wildman–Crippen LogP) is 2.60. The molecule has 0 radical (unpaired) electrons. The predicted molar refractivity (Wildman–Crippen MR) is 126 cm³/mol. The maximum atomic E-state index is 12.9. The highest BCUT2D eigenvalue weighted by atomic mass is 79.9. The van der Waals surface area contributed by atoms with E-state index in [-0.39, 0.29) is 23.1 Å². The van der Waals surface area contributed by atoms with Gasteiger partial charge in [0.1, 0.15) is 5.75 Å². The van der Waals surface area contributed by atoms with E-state index in [0.29, 0.717) is 32.8 Å². The van der Waals surface area contributed by atoms with Gasteiger partial charge in [0.25, 0.3) is 5.91 Å². The van der Waals surface area contributed by atoms with Crippen LogP contribution in [0.5, 0.6) is 5.75 Å². The maximum Gasteiger partial charge on any atom is 0.293 e. The second-order valence-corrected chi connectivity index (χ2v) is 9.33. The Morgan fingerprint density at radius 1 is 1.36 bits per heavy atom. The summed E-state index contributed by atoms with van der Waals surface area (Å²) >= 11 is 6.52. The van der Waals surface area contributed by atoms with E-state index in [0.717, 1.165) is 19.4 Å². The molecule has 3 aromatic rings. The molecule has 33 heavy (non-hydrogen) atoms. The normalized spacial score (nSPS) is 17.0. The van der Waals surface area contributed by atoms with Crippen LogP contribution in [0.1, 0.15) is 47.9 Å². The molecule has 0 aliphatic carbocycles. The van der Waals surface area contributed by atoms with Crippen molar-refractivity contribution in [2.75, 3.05) is 12.3 Å². The van der Waals surface area contributed by atoms with E-state index in [1.54, 1.807) is 12.1 Å². The van der Waals surface area contributed by atoms with Crippen molar-refractivity contribution in [1.29, 1.82) is 0 Å². The Hall–Kier alpha value is -2.84. The number of benzene rings is 1. The molecule has 1 aromatic carbocycles. The molecular weight excluding hydrogens is 562 g/mol. The molecule has 3 heterocycles. The van der Waals surface area contributed by atoms with Crippen molar-refractivity contribution in [2.24, 2.45) is 5.10 Å². The van der Waals surface area contributed by atoms with E-state index in [9.17, 15) is 9.90 Å². The molecule has 1 atom stereocenters. The first-order chi connectivity index (χ1) is 15.8. The van der Waals surface area contributed by atoms with Gasteiger partial charge in [-0.3, -0.25) is 9.69 Å². The van der Waals surface area contributed by atoms with Crippen LogP contribution in [0.3, 0.4) is 0 Å². The molecule has 174 valence electrons. The third-order valence-electron chi connectivity index (χ3n) is 5.39. The highest BCUT2D eigenvalue weighted by molar-refractivity contribution is 9.11. The smallest absolute Gasteiger partial charge is 0.293 e. The third kappa shape index (κ3) is 5.07. The van der Waals surface area contributed by atoms with Crippen LogP contribution < -0.4 is 11.2 Å². The van der Waals surface area contributed by atoms with Gasteiger partial charge in [0.05, 0.1) is 20.9 Å². The summed E-state index contributed by atoms with van der Waals surface area (Å²) in [5.74, 6) is -0.250. The number of aromatic nitrogens is 5.